The van der Waals surface area contributed by atoms with Crippen molar-refractivity contribution in [3.8, 4) is 0 Å². The van der Waals surface area contributed by atoms with Crippen LogP contribution in [0.5, 0.6) is 0 Å². The Hall–Kier alpha value is -2.43. The van der Waals surface area contributed by atoms with E-state index in [1.165, 1.54) is 23.1 Å². The second kappa shape index (κ2) is 12.0. The Morgan fingerprint density at radius 2 is 1.81 bits per heavy atom. The molecule has 1 aliphatic rings. The lowest BCUT2D eigenvalue weighted by Crippen LogP contribution is -2.46. The number of likely N-dealkylation sites (N-methyl/N-ethyl adjacent to an activating group) is 1. The number of para-hydroxylation sites is 1. The van der Waals surface area contributed by atoms with E-state index in [9.17, 15) is 13.6 Å². The second-order valence-corrected chi connectivity index (χ2v) is 7.88. The van der Waals surface area contributed by atoms with Gasteiger partial charge in [-0.2, -0.15) is 0 Å². The summed E-state index contributed by atoms with van der Waals surface area (Å²) in [5.74, 6) is -0.758. The monoisotopic (exact) mass is 557 g/mol. The number of carbonyl (C=O) groups excluding carboxylic acids is 1. The molecule has 1 aliphatic heterocycles. The van der Waals surface area contributed by atoms with Crippen LogP contribution in [0.1, 0.15) is 24.9 Å². The van der Waals surface area contributed by atoms with E-state index < -0.39 is 11.6 Å². The highest BCUT2D eigenvalue weighted by atomic mass is 127. The van der Waals surface area contributed by atoms with Gasteiger partial charge in [0, 0.05) is 33.2 Å². The minimum absolute atomic E-state index is 0. The summed E-state index contributed by atoms with van der Waals surface area (Å²) < 4.78 is 28.3. The lowest BCUT2D eigenvalue weighted by atomic mass is 10.1. The molecule has 2 aromatic carbocycles. The summed E-state index contributed by atoms with van der Waals surface area (Å²) in [7, 11) is 3.37. The quantitative estimate of drug-likeness (QED) is 0.324. The third-order valence-electron chi connectivity index (χ3n) is 5.31. The van der Waals surface area contributed by atoms with Crippen LogP contribution in [0.4, 0.5) is 14.5 Å². The number of aliphatic imine (C=N–C) groups is 1. The normalized spacial score (nSPS) is 16.8. The van der Waals surface area contributed by atoms with Crippen LogP contribution in [0.15, 0.2) is 53.5 Å². The van der Waals surface area contributed by atoms with E-state index in [0.29, 0.717) is 25.5 Å². The van der Waals surface area contributed by atoms with Crippen LogP contribution in [-0.2, 0) is 4.79 Å². The van der Waals surface area contributed by atoms with Crippen LogP contribution in [0, 0.1) is 11.6 Å². The summed E-state index contributed by atoms with van der Waals surface area (Å²) in [6, 6.07) is 13.7. The van der Waals surface area contributed by atoms with Gasteiger partial charge < -0.3 is 20.4 Å². The Morgan fingerprint density at radius 1 is 1.16 bits per heavy atom. The van der Waals surface area contributed by atoms with Crippen LogP contribution in [0.3, 0.4) is 0 Å². The first-order chi connectivity index (χ1) is 14.8. The fourth-order valence-corrected chi connectivity index (χ4v) is 3.52. The number of benzene rings is 2. The Bertz CT molecular complexity index is 906. The molecule has 2 aromatic rings. The number of carbonyl (C=O) groups is 1. The molecule has 0 radical (unpaired) electrons. The van der Waals surface area contributed by atoms with Gasteiger partial charge in [-0.25, -0.2) is 13.8 Å². The molecular weight excluding hydrogens is 527 g/mol. The molecule has 2 atom stereocenters. The lowest BCUT2D eigenvalue weighted by molar-refractivity contribution is -0.127. The van der Waals surface area contributed by atoms with Gasteiger partial charge in [0.25, 0.3) is 0 Å². The zero-order valence-corrected chi connectivity index (χ0v) is 20.8. The van der Waals surface area contributed by atoms with E-state index in [2.05, 4.69) is 15.6 Å². The first-order valence-electron chi connectivity index (χ1n) is 10.4. The largest absolute Gasteiger partial charge is 0.365 e. The molecule has 0 aromatic heterocycles. The molecular formula is C23H30F2IN5O. The first kappa shape index (κ1) is 25.8. The predicted molar refractivity (Wildman–Crippen MR) is 135 cm³/mol. The highest BCUT2D eigenvalue weighted by Gasteiger charge is 2.27. The number of hydrogen-bond donors (Lipinski definition) is 2. The molecule has 0 spiro atoms. The van der Waals surface area contributed by atoms with Gasteiger partial charge in [0.15, 0.2) is 5.96 Å². The number of amides is 1. The fourth-order valence-electron chi connectivity index (χ4n) is 3.52. The molecule has 1 heterocycles. The third-order valence-corrected chi connectivity index (χ3v) is 5.31. The van der Waals surface area contributed by atoms with Gasteiger partial charge in [0.05, 0.1) is 6.04 Å². The van der Waals surface area contributed by atoms with Crippen molar-refractivity contribution >= 4 is 41.5 Å². The Balaban J connectivity index is 0.00000363. The zero-order chi connectivity index (χ0) is 22.4. The summed E-state index contributed by atoms with van der Waals surface area (Å²) in [5.41, 5.74) is 1.08. The molecule has 3 rings (SSSR count). The maximum absolute atomic E-state index is 14.2. The summed E-state index contributed by atoms with van der Waals surface area (Å²) in [6.45, 7) is 2.96. The molecule has 1 amide bonds. The van der Waals surface area contributed by atoms with Crippen molar-refractivity contribution in [1.29, 1.82) is 0 Å². The molecule has 9 heteroatoms. The van der Waals surface area contributed by atoms with Crippen LogP contribution >= 0.6 is 24.0 Å². The number of halogens is 3. The van der Waals surface area contributed by atoms with E-state index >= 15 is 0 Å². The summed E-state index contributed by atoms with van der Waals surface area (Å²) in [5, 5.41) is 6.66. The van der Waals surface area contributed by atoms with Gasteiger partial charge in [-0.05, 0) is 31.0 Å². The topological polar surface area (TPSA) is 60.0 Å². The molecule has 174 valence electrons. The molecule has 1 fully saturated rings. The molecule has 2 unspecified atom stereocenters. The van der Waals surface area contributed by atoms with Crippen molar-refractivity contribution in [3.63, 3.8) is 0 Å². The Kier molecular flexibility index (Phi) is 9.67. The van der Waals surface area contributed by atoms with E-state index in [1.54, 1.807) is 19.0 Å². The average molecular weight is 557 g/mol. The molecule has 1 saturated heterocycles. The number of rotatable bonds is 6. The first-order valence-corrected chi connectivity index (χ1v) is 10.4. The van der Waals surface area contributed by atoms with E-state index in [4.69, 9.17) is 0 Å². The minimum Gasteiger partial charge on any atom is -0.365 e. The zero-order valence-electron chi connectivity index (χ0n) is 18.5. The van der Waals surface area contributed by atoms with Crippen LogP contribution in [0.25, 0.3) is 0 Å². The van der Waals surface area contributed by atoms with Crippen molar-refractivity contribution in [1.82, 2.24) is 15.5 Å². The molecule has 0 saturated carbocycles. The number of guanidine groups is 1. The number of nitrogens with one attached hydrogen (secondary N) is 2. The van der Waals surface area contributed by atoms with Gasteiger partial charge in [0.2, 0.25) is 5.91 Å². The Morgan fingerprint density at radius 3 is 2.44 bits per heavy atom. The molecule has 0 aliphatic carbocycles. The van der Waals surface area contributed by atoms with E-state index in [-0.39, 0.29) is 54.2 Å². The molecule has 6 nitrogen and oxygen atoms in total. The van der Waals surface area contributed by atoms with Crippen LogP contribution in [-0.4, -0.2) is 56.5 Å². The smallest absolute Gasteiger partial charge is 0.243 e. The van der Waals surface area contributed by atoms with Crippen LogP contribution < -0.4 is 15.5 Å². The summed E-state index contributed by atoms with van der Waals surface area (Å²) >= 11 is 0. The molecule has 2 N–H and O–H groups in total. The van der Waals surface area contributed by atoms with Gasteiger partial charge in [-0.3, -0.25) is 4.79 Å². The van der Waals surface area contributed by atoms with E-state index in [0.717, 1.165) is 5.56 Å². The van der Waals surface area contributed by atoms with Crippen molar-refractivity contribution in [3.05, 3.63) is 65.7 Å². The van der Waals surface area contributed by atoms with Crippen molar-refractivity contribution in [2.24, 2.45) is 4.99 Å². The number of nitrogens with zero attached hydrogens (tertiary/aromatic N) is 3. The number of hydrogen-bond acceptors (Lipinski definition) is 3. The maximum atomic E-state index is 14.2. The molecule has 32 heavy (non-hydrogen) atoms. The highest BCUT2D eigenvalue weighted by molar-refractivity contribution is 14.0. The Labute approximate surface area is 205 Å². The fraction of sp³-hybridized carbons (Fsp3) is 0.391. The lowest BCUT2D eigenvalue weighted by Gasteiger charge is -2.23. The van der Waals surface area contributed by atoms with Gasteiger partial charge >= 0.3 is 0 Å². The summed E-state index contributed by atoms with van der Waals surface area (Å²) in [6.07, 6.45) is 0.690. The van der Waals surface area contributed by atoms with Crippen molar-refractivity contribution in [2.45, 2.75) is 25.4 Å². The van der Waals surface area contributed by atoms with Crippen LogP contribution in [0.2, 0.25) is 0 Å². The van der Waals surface area contributed by atoms with Gasteiger partial charge in [-0.15, -0.1) is 24.0 Å². The standard InChI is InChI=1S/C23H29F2N5O.HI/c1-16(17-8-5-4-6-9-17)27-23(26-14-21(31)29(2)3)28-18-12-13-30(15-18)22-19(24)10-7-11-20(22)25;/h4-11,16,18H,12-15H2,1-3H3,(H2,26,27,28);1H. The average Bonchev–Trinajstić information content (AvgIpc) is 3.20. The van der Waals surface area contributed by atoms with E-state index in [1.807, 2.05) is 37.3 Å². The molecule has 0 bridgehead atoms. The predicted octanol–water partition coefficient (Wildman–Crippen LogP) is 3.55. The van der Waals surface area contributed by atoms with Gasteiger partial charge in [-0.1, -0.05) is 36.4 Å². The van der Waals surface area contributed by atoms with Crippen molar-refractivity contribution in [2.75, 3.05) is 38.6 Å². The van der Waals surface area contributed by atoms with Gasteiger partial charge in [0.1, 0.15) is 23.9 Å². The highest BCUT2D eigenvalue weighted by Crippen LogP contribution is 2.26. The number of anilines is 1. The van der Waals surface area contributed by atoms with Crippen molar-refractivity contribution < 1.29 is 13.6 Å². The minimum atomic E-state index is -0.568. The third kappa shape index (κ3) is 6.78. The summed E-state index contributed by atoms with van der Waals surface area (Å²) in [4.78, 5) is 19.7. The SMILES string of the molecule is CC(NC(=NCC(=O)N(C)C)NC1CCN(c2c(F)cccc2F)C1)c1ccccc1.I. The maximum Gasteiger partial charge on any atom is 0.243 e. The second-order valence-electron chi connectivity index (χ2n) is 7.88.